The van der Waals surface area contributed by atoms with Crippen molar-refractivity contribution in [3.63, 3.8) is 0 Å². The van der Waals surface area contributed by atoms with Crippen LogP contribution in [0, 0.1) is 5.92 Å². The highest BCUT2D eigenvalue weighted by Crippen LogP contribution is 2.54. The van der Waals surface area contributed by atoms with Gasteiger partial charge in [0.15, 0.2) is 8.32 Å². The maximum atomic E-state index is 13.1. The lowest BCUT2D eigenvalue weighted by atomic mass is 9.79. The van der Waals surface area contributed by atoms with Gasteiger partial charge in [0.2, 0.25) is 5.91 Å². The summed E-state index contributed by atoms with van der Waals surface area (Å²) in [5.41, 5.74) is 1.86. The molecular weight excluding hydrogens is 374 g/mol. The smallest absolute Gasteiger partial charge is 0.237 e. The third kappa shape index (κ3) is 3.73. The van der Waals surface area contributed by atoms with E-state index in [1.165, 1.54) is 5.56 Å². The summed E-state index contributed by atoms with van der Waals surface area (Å²) >= 11 is 6.16. The molecule has 1 aromatic rings. The van der Waals surface area contributed by atoms with Crippen LogP contribution >= 0.6 is 11.6 Å². The second kappa shape index (κ2) is 7.20. The summed E-state index contributed by atoms with van der Waals surface area (Å²) in [5.74, 6) is 0.854. The topological polar surface area (TPSA) is 29.5 Å². The van der Waals surface area contributed by atoms with Crippen LogP contribution in [-0.4, -0.2) is 27.9 Å². The van der Waals surface area contributed by atoms with Gasteiger partial charge in [0.25, 0.3) is 0 Å². The van der Waals surface area contributed by atoms with Crippen LogP contribution < -0.4 is 4.90 Å². The van der Waals surface area contributed by atoms with Gasteiger partial charge >= 0.3 is 0 Å². The van der Waals surface area contributed by atoms with Gasteiger partial charge < -0.3 is 9.33 Å². The predicted octanol–water partition coefficient (Wildman–Crippen LogP) is 6.16. The Bertz CT molecular complexity index is 728. The first-order valence-corrected chi connectivity index (χ1v) is 13.5. The molecule has 1 amide bonds. The Kier molecular flexibility index (Phi) is 5.57. The number of likely N-dealkylation sites (N-methyl/N-ethyl adjacent to an activating group) is 1. The highest BCUT2D eigenvalue weighted by atomic mass is 35.5. The normalized spacial score (nSPS) is 25.5. The minimum atomic E-state index is -1.66. The van der Waals surface area contributed by atoms with Crippen molar-refractivity contribution >= 4 is 31.5 Å². The van der Waals surface area contributed by atoms with E-state index >= 15 is 0 Å². The summed E-state index contributed by atoms with van der Waals surface area (Å²) in [6, 6.07) is 5.93. The number of carbonyl (C=O) groups excluding carboxylic acids is 1. The van der Waals surface area contributed by atoms with Crippen molar-refractivity contribution < 1.29 is 9.22 Å². The van der Waals surface area contributed by atoms with E-state index in [1.807, 2.05) is 24.1 Å². The van der Waals surface area contributed by atoms with Crippen molar-refractivity contribution in [1.29, 1.82) is 0 Å². The first-order valence-electron chi connectivity index (χ1n) is 10.2. The molecule has 5 heteroatoms. The van der Waals surface area contributed by atoms with E-state index in [1.54, 1.807) is 0 Å². The van der Waals surface area contributed by atoms with Crippen LogP contribution in [0.3, 0.4) is 0 Å². The van der Waals surface area contributed by atoms with Gasteiger partial charge in [-0.05, 0) is 73.9 Å². The molecule has 2 aliphatic rings. The summed E-state index contributed by atoms with van der Waals surface area (Å²) in [7, 11) is 0.222. The van der Waals surface area contributed by atoms with E-state index in [-0.39, 0.29) is 16.4 Å². The molecule has 0 unspecified atom stereocenters. The lowest BCUT2D eigenvalue weighted by Gasteiger charge is -2.36. The standard InChI is InChI=1S/C22H34ClNO2Si/c1-21(2,3)27(5,6)26-13-7-8-16-11-12-22(15-16)18-10-9-17(23)14-19(18)24(4)20(22)25/h9-10,14,16H,7-8,11-13,15H2,1-6H3/t16-,22-/m1/s1. The Morgan fingerprint density at radius 2 is 2.04 bits per heavy atom. The minimum Gasteiger partial charge on any atom is -0.417 e. The van der Waals surface area contributed by atoms with Crippen LogP contribution in [0.5, 0.6) is 0 Å². The number of amides is 1. The molecule has 1 saturated carbocycles. The van der Waals surface area contributed by atoms with E-state index in [2.05, 4.69) is 39.9 Å². The monoisotopic (exact) mass is 407 g/mol. The number of halogens is 1. The molecule has 1 aromatic carbocycles. The molecular formula is C22H34ClNO2Si. The Labute approximate surface area is 170 Å². The van der Waals surface area contributed by atoms with E-state index in [9.17, 15) is 4.79 Å². The van der Waals surface area contributed by atoms with Gasteiger partial charge in [-0.3, -0.25) is 4.79 Å². The summed E-state index contributed by atoms with van der Waals surface area (Å²) in [6.45, 7) is 12.3. The van der Waals surface area contributed by atoms with Crippen molar-refractivity contribution in [3.8, 4) is 0 Å². The Morgan fingerprint density at radius 1 is 1.33 bits per heavy atom. The third-order valence-corrected chi connectivity index (χ3v) is 12.0. The molecule has 0 saturated heterocycles. The van der Waals surface area contributed by atoms with Crippen LogP contribution in [0.4, 0.5) is 5.69 Å². The van der Waals surface area contributed by atoms with Gasteiger partial charge in [-0.1, -0.05) is 38.4 Å². The van der Waals surface area contributed by atoms with Crippen LogP contribution in [0.25, 0.3) is 0 Å². The minimum absolute atomic E-state index is 0.250. The maximum Gasteiger partial charge on any atom is 0.237 e. The number of nitrogens with zero attached hydrogens (tertiary/aromatic N) is 1. The highest BCUT2D eigenvalue weighted by molar-refractivity contribution is 6.74. The fourth-order valence-corrected chi connectivity index (χ4v) is 5.74. The van der Waals surface area contributed by atoms with Gasteiger partial charge in [-0.15, -0.1) is 0 Å². The number of fused-ring (bicyclic) bond motifs is 2. The molecule has 3 rings (SSSR count). The summed E-state index contributed by atoms with van der Waals surface area (Å²) < 4.78 is 6.33. The van der Waals surface area contributed by atoms with Gasteiger partial charge in [0.05, 0.1) is 5.41 Å². The first-order chi connectivity index (χ1) is 12.5. The second-order valence-corrected chi connectivity index (χ2v) is 15.2. The maximum absolute atomic E-state index is 13.1. The van der Waals surface area contributed by atoms with Gasteiger partial charge in [-0.25, -0.2) is 0 Å². The Hall–Kier alpha value is -0.843. The molecule has 1 fully saturated rings. The van der Waals surface area contributed by atoms with E-state index in [4.69, 9.17) is 16.0 Å². The zero-order valence-corrected chi connectivity index (χ0v) is 19.4. The zero-order chi connectivity index (χ0) is 20.0. The molecule has 3 nitrogen and oxygen atoms in total. The Morgan fingerprint density at radius 3 is 2.70 bits per heavy atom. The van der Waals surface area contributed by atoms with Crippen LogP contribution in [0.1, 0.15) is 58.4 Å². The Balaban J connectivity index is 1.60. The number of anilines is 1. The molecule has 1 aliphatic heterocycles. The average molecular weight is 408 g/mol. The van der Waals surface area contributed by atoms with Gasteiger partial charge in [0, 0.05) is 24.4 Å². The second-order valence-electron chi connectivity index (χ2n) is 9.97. The van der Waals surface area contributed by atoms with E-state index in [0.29, 0.717) is 10.9 Å². The molecule has 1 heterocycles. The molecule has 2 atom stereocenters. The van der Waals surface area contributed by atoms with Gasteiger partial charge in [0.1, 0.15) is 0 Å². The van der Waals surface area contributed by atoms with Crippen LogP contribution in [0.2, 0.25) is 23.2 Å². The number of hydrogen-bond donors (Lipinski definition) is 0. The molecule has 0 radical (unpaired) electrons. The number of carbonyl (C=O) groups is 1. The van der Waals surface area contributed by atoms with Crippen molar-refractivity contribution in [2.75, 3.05) is 18.6 Å². The van der Waals surface area contributed by atoms with Crippen molar-refractivity contribution in [1.82, 2.24) is 0 Å². The van der Waals surface area contributed by atoms with E-state index < -0.39 is 8.32 Å². The zero-order valence-electron chi connectivity index (χ0n) is 17.7. The molecule has 0 N–H and O–H groups in total. The lowest BCUT2D eigenvalue weighted by molar-refractivity contribution is -0.122. The fraction of sp³-hybridized carbons (Fsp3) is 0.682. The molecule has 1 spiro atoms. The number of benzene rings is 1. The predicted molar refractivity (Wildman–Crippen MR) is 116 cm³/mol. The van der Waals surface area contributed by atoms with E-state index in [0.717, 1.165) is 44.4 Å². The van der Waals surface area contributed by atoms with Crippen molar-refractivity contribution in [2.45, 2.75) is 76.4 Å². The largest absolute Gasteiger partial charge is 0.417 e. The molecule has 1 aliphatic carbocycles. The summed E-state index contributed by atoms with van der Waals surface area (Å²) in [4.78, 5) is 14.9. The summed E-state index contributed by atoms with van der Waals surface area (Å²) in [6.07, 6.45) is 5.28. The molecule has 0 aromatic heterocycles. The SMILES string of the molecule is CN1C(=O)[C@@]2(CC[C@@H](CCCO[Si](C)(C)C(C)(C)C)C2)c2ccc(Cl)cc21. The van der Waals surface area contributed by atoms with Crippen LogP contribution in [-0.2, 0) is 14.6 Å². The van der Waals surface area contributed by atoms with Crippen molar-refractivity contribution in [3.05, 3.63) is 28.8 Å². The first kappa shape index (κ1) is 20.9. The number of rotatable bonds is 5. The highest BCUT2D eigenvalue weighted by Gasteiger charge is 2.53. The summed E-state index contributed by atoms with van der Waals surface area (Å²) in [5, 5.41) is 0.957. The molecule has 27 heavy (non-hydrogen) atoms. The van der Waals surface area contributed by atoms with Crippen molar-refractivity contribution in [2.24, 2.45) is 5.92 Å². The van der Waals surface area contributed by atoms with Crippen LogP contribution in [0.15, 0.2) is 18.2 Å². The fourth-order valence-electron chi connectivity index (χ4n) is 4.48. The lowest BCUT2D eigenvalue weighted by Crippen LogP contribution is -2.41. The molecule has 150 valence electrons. The van der Waals surface area contributed by atoms with Gasteiger partial charge in [-0.2, -0.15) is 0 Å². The molecule has 0 bridgehead atoms. The quantitative estimate of drug-likeness (QED) is 0.432. The average Bonchev–Trinajstić information content (AvgIpc) is 3.08. The number of hydrogen-bond acceptors (Lipinski definition) is 2. The third-order valence-electron chi connectivity index (χ3n) is 7.19.